The first-order valence-corrected chi connectivity index (χ1v) is 7.64. The fourth-order valence-electron chi connectivity index (χ4n) is 2.89. The van der Waals surface area contributed by atoms with Gasteiger partial charge in [-0.3, -0.25) is 0 Å². The van der Waals surface area contributed by atoms with Crippen LogP contribution >= 0.6 is 11.3 Å². The van der Waals surface area contributed by atoms with Gasteiger partial charge in [-0.05, 0) is 43.0 Å². The molecule has 3 nitrogen and oxygen atoms in total. The van der Waals surface area contributed by atoms with Crippen molar-refractivity contribution in [3.8, 4) is 16.3 Å². The van der Waals surface area contributed by atoms with Crippen molar-refractivity contribution in [3.63, 3.8) is 0 Å². The molecule has 1 aromatic heterocycles. The highest BCUT2D eigenvalue weighted by atomic mass is 32.1. The topological polar surface area (TPSA) is 48.1 Å². The first-order valence-electron chi connectivity index (χ1n) is 6.82. The molecule has 0 spiro atoms. The first-order chi connectivity index (χ1) is 9.31. The number of benzene rings is 1. The Morgan fingerprint density at radius 2 is 2.26 bits per heavy atom. The Labute approximate surface area is 116 Å². The first kappa shape index (κ1) is 11.4. The molecule has 2 N–H and O–H groups in total. The van der Waals surface area contributed by atoms with Crippen molar-refractivity contribution in [1.29, 1.82) is 0 Å². The molecule has 2 aromatic rings. The van der Waals surface area contributed by atoms with E-state index in [1.807, 2.05) is 0 Å². The lowest BCUT2D eigenvalue weighted by molar-refractivity contribution is 0.357. The molecule has 0 saturated carbocycles. The van der Waals surface area contributed by atoms with Gasteiger partial charge in [-0.2, -0.15) is 0 Å². The molecule has 4 rings (SSSR count). The molecule has 19 heavy (non-hydrogen) atoms. The summed E-state index contributed by atoms with van der Waals surface area (Å²) in [5.74, 6) is 1.03. The summed E-state index contributed by atoms with van der Waals surface area (Å²) < 4.78 is 5.55. The van der Waals surface area contributed by atoms with Crippen LogP contribution in [0.3, 0.4) is 0 Å². The van der Waals surface area contributed by atoms with Crippen LogP contribution in [0.5, 0.6) is 5.75 Å². The molecule has 4 heteroatoms. The van der Waals surface area contributed by atoms with Crippen LogP contribution in [0.15, 0.2) is 18.2 Å². The van der Waals surface area contributed by atoms with Crippen molar-refractivity contribution in [2.45, 2.75) is 31.7 Å². The monoisotopic (exact) mass is 272 g/mol. The quantitative estimate of drug-likeness (QED) is 0.868. The van der Waals surface area contributed by atoms with Gasteiger partial charge in [-0.1, -0.05) is 0 Å². The van der Waals surface area contributed by atoms with E-state index in [0.717, 1.165) is 42.3 Å². The van der Waals surface area contributed by atoms with Crippen LogP contribution in [0.4, 0.5) is 0 Å². The average Bonchev–Trinajstić information content (AvgIpc) is 3.04. The van der Waals surface area contributed by atoms with Gasteiger partial charge in [0.05, 0.1) is 12.3 Å². The number of nitrogens with zero attached hydrogens (tertiary/aromatic N) is 1. The van der Waals surface area contributed by atoms with Crippen molar-refractivity contribution >= 4 is 11.3 Å². The lowest BCUT2D eigenvalue weighted by atomic mass is 9.99. The number of thiazole rings is 1. The van der Waals surface area contributed by atoms with Crippen LogP contribution in [0, 0.1) is 0 Å². The summed E-state index contributed by atoms with van der Waals surface area (Å²) in [4.78, 5) is 6.16. The summed E-state index contributed by atoms with van der Waals surface area (Å²) in [6.07, 6.45) is 4.39. The Kier molecular flexibility index (Phi) is 2.60. The molecule has 0 bridgehead atoms. The number of hydrogen-bond donors (Lipinski definition) is 1. The molecule has 1 aliphatic heterocycles. The van der Waals surface area contributed by atoms with Gasteiger partial charge in [0, 0.05) is 22.9 Å². The predicted molar refractivity (Wildman–Crippen MR) is 76.6 cm³/mol. The van der Waals surface area contributed by atoms with Crippen LogP contribution in [0.2, 0.25) is 0 Å². The van der Waals surface area contributed by atoms with E-state index < -0.39 is 0 Å². The van der Waals surface area contributed by atoms with Crippen molar-refractivity contribution in [3.05, 3.63) is 34.3 Å². The van der Waals surface area contributed by atoms with Crippen LogP contribution in [-0.4, -0.2) is 11.6 Å². The smallest absolute Gasteiger partial charge is 0.123 e. The van der Waals surface area contributed by atoms with E-state index in [2.05, 4.69) is 18.2 Å². The number of ether oxygens (including phenoxy) is 1. The molecule has 1 atom stereocenters. The van der Waals surface area contributed by atoms with Gasteiger partial charge >= 0.3 is 0 Å². The van der Waals surface area contributed by atoms with Gasteiger partial charge in [-0.15, -0.1) is 11.3 Å². The maximum Gasteiger partial charge on any atom is 0.123 e. The third-order valence-corrected chi connectivity index (χ3v) is 5.11. The minimum atomic E-state index is 0.131. The SMILES string of the molecule is NC1CCCc2sc(-c3ccc4c(c3)CCO4)nc21. The Morgan fingerprint density at radius 1 is 1.32 bits per heavy atom. The maximum absolute atomic E-state index is 6.15. The Balaban J connectivity index is 1.76. The molecule has 98 valence electrons. The highest BCUT2D eigenvalue weighted by Gasteiger charge is 2.22. The maximum atomic E-state index is 6.15. The molecule has 1 aliphatic carbocycles. The van der Waals surface area contributed by atoms with E-state index in [-0.39, 0.29) is 6.04 Å². The van der Waals surface area contributed by atoms with E-state index in [9.17, 15) is 0 Å². The number of aryl methyl sites for hydroxylation is 1. The molecule has 2 aliphatic rings. The third kappa shape index (κ3) is 1.86. The minimum Gasteiger partial charge on any atom is -0.493 e. The minimum absolute atomic E-state index is 0.131. The second-order valence-electron chi connectivity index (χ2n) is 5.25. The zero-order valence-electron chi connectivity index (χ0n) is 10.7. The van der Waals surface area contributed by atoms with Crippen molar-refractivity contribution < 1.29 is 4.74 Å². The number of rotatable bonds is 1. The summed E-state index contributed by atoms with van der Waals surface area (Å²) in [5.41, 5.74) is 9.79. The Bertz CT molecular complexity index is 635. The standard InChI is InChI=1S/C15H16N2OS/c16-11-2-1-3-13-14(11)17-15(19-13)10-4-5-12-9(8-10)6-7-18-12/h4-5,8,11H,1-3,6-7,16H2. The molecule has 2 heterocycles. The third-order valence-electron chi connectivity index (χ3n) is 3.93. The van der Waals surface area contributed by atoms with Gasteiger partial charge in [0.15, 0.2) is 0 Å². The van der Waals surface area contributed by atoms with E-state index in [1.165, 1.54) is 22.4 Å². The average molecular weight is 272 g/mol. The molecule has 1 unspecified atom stereocenters. The van der Waals surface area contributed by atoms with Gasteiger partial charge in [0.1, 0.15) is 10.8 Å². The Morgan fingerprint density at radius 3 is 3.16 bits per heavy atom. The molecular formula is C15H16N2OS. The van der Waals surface area contributed by atoms with Gasteiger partial charge in [0.2, 0.25) is 0 Å². The van der Waals surface area contributed by atoms with Gasteiger partial charge in [-0.25, -0.2) is 4.98 Å². The lowest BCUT2D eigenvalue weighted by Crippen LogP contribution is -2.16. The molecule has 1 aromatic carbocycles. The fourth-order valence-corrected chi connectivity index (χ4v) is 4.06. The van der Waals surface area contributed by atoms with E-state index in [4.69, 9.17) is 15.5 Å². The van der Waals surface area contributed by atoms with Crippen LogP contribution in [0.25, 0.3) is 10.6 Å². The predicted octanol–water partition coefficient (Wildman–Crippen LogP) is 3.08. The van der Waals surface area contributed by atoms with E-state index in [0.29, 0.717) is 0 Å². The zero-order chi connectivity index (χ0) is 12.8. The summed E-state index contributed by atoms with van der Waals surface area (Å²) in [6, 6.07) is 6.53. The van der Waals surface area contributed by atoms with E-state index in [1.54, 1.807) is 11.3 Å². The zero-order valence-corrected chi connectivity index (χ0v) is 11.5. The number of fused-ring (bicyclic) bond motifs is 2. The van der Waals surface area contributed by atoms with Gasteiger partial charge < -0.3 is 10.5 Å². The molecule has 0 saturated heterocycles. The summed E-state index contributed by atoms with van der Waals surface area (Å²) in [6.45, 7) is 0.804. The largest absolute Gasteiger partial charge is 0.493 e. The summed E-state index contributed by atoms with van der Waals surface area (Å²) in [7, 11) is 0. The van der Waals surface area contributed by atoms with Crippen LogP contribution < -0.4 is 10.5 Å². The fraction of sp³-hybridized carbons (Fsp3) is 0.400. The second kappa shape index (κ2) is 4.32. The van der Waals surface area contributed by atoms with Crippen molar-refractivity contribution in [2.75, 3.05) is 6.61 Å². The van der Waals surface area contributed by atoms with Gasteiger partial charge in [0.25, 0.3) is 0 Å². The van der Waals surface area contributed by atoms with Crippen molar-refractivity contribution in [1.82, 2.24) is 4.98 Å². The second-order valence-corrected chi connectivity index (χ2v) is 6.33. The number of hydrogen-bond acceptors (Lipinski definition) is 4. The normalized spacial score (nSPS) is 20.8. The highest BCUT2D eigenvalue weighted by Crippen LogP contribution is 2.37. The van der Waals surface area contributed by atoms with Crippen LogP contribution in [0.1, 0.15) is 35.0 Å². The molecule has 0 amide bonds. The van der Waals surface area contributed by atoms with Crippen LogP contribution in [-0.2, 0) is 12.8 Å². The number of nitrogens with two attached hydrogens (primary N) is 1. The molecule has 0 radical (unpaired) electrons. The summed E-state index contributed by atoms with van der Waals surface area (Å²) in [5, 5.41) is 1.11. The number of aromatic nitrogens is 1. The summed E-state index contributed by atoms with van der Waals surface area (Å²) >= 11 is 1.81. The molecule has 0 fully saturated rings. The van der Waals surface area contributed by atoms with E-state index >= 15 is 0 Å². The lowest BCUT2D eigenvalue weighted by Gasteiger charge is -2.15. The highest BCUT2D eigenvalue weighted by molar-refractivity contribution is 7.15. The molecular weight excluding hydrogens is 256 g/mol. The Hall–Kier alpha value is -1.39. The van der Waals surface area contributed by atoms with Crippen molar-refractivity contribution in [2.24, 2.45) is 5.73 Å².